The molecule has 1 aliphatic heterocycles. The average Bonchev–Trinajstić information content (AvgIpc) is 2.96. The summed E-state index contributed by atoms with van der Waals surface area (Å²) in [5.41, 5.74) is 0. The Morgan fingerprint density at radius 2 is 2.33 bits per heavy atom. The molecule has 2 heterocycles. The van der Waals surface area contributed by atoms with Crippen molar-refractivity contribution in [3.05, 3.63) is 17.5 Å². The summed E-state index contributed by atoms with van der Waals surface area (Å²) in [5.74, 6) is -0.647. The molecule has 1 aromatic rings. The smallest absolute Gasteiger partial charge is 0.324 e. The van der Waals surface area contributed by atoms with Gasteiger partial charge in [0, 0.05) is 13.0 Å². The van der Waals surface area contributed by atoms with Gasteiger partial charge in [-0.05, 0) is 11.4 Å². The molecule has 0 spiro atoms. The molecule has 0 saturated carbocycles. The topological polar surface area (TPSA) is 83.9 Å². The number of β-amino-alcohol motifs (C(OH)–C–C–N with tert-alkyl or cyclic N) is 1. The molecule has 1 aliphatic rings. The molecule has 6 nitrogen and oxygen atoms in total. The van der Waals surface area contributed by atoms with Gasteiger partial charge >= 0.3 is 5.97 Å². The van der Waals surface area contributed by atoms with Crippen molar-refractivity contribution >= 4 is 27.3 Å². The van der Waals surface area contributed by atoms with Gasteiger partial charge in [0.1, 0.15) is 10.3 Å². The standard InChI is InChI=1S/C10H13NO5S2/c1-16-10(13)8-5-7(12)6-11(8)18(14,15)9-3-2-4-17-9/h2-4,7-8,12H,5-6H2,1H3/t7-,8-/m1/s1. The summed E-state index contributed by atoms with van der Waals surface area (Å²) >= 11 is 1.08. The van der Waals surface area contributed by atoms with E-state index in [1.54, 1.807) is 11.4 Å². The number of aliphatic hydroxyl groups is 1. The van der Waals surface area contributed by atoms with Crippen LogP contribution < -0.4 is 0 Å². The van der Waals surface area contributed by atoms with Crippen molar-refractivity contribution < 1.29 is 23.1 Å². The lowest BCUT2D eigenvalue weighted by Crippen LogP contribution is -2.40. The monoisotopic (exact) mass is 291 g/mol. The van der Waals surface area contributed by atoms with E-state index in [4.69, 9.17) is 0 Å². The lowest BCUT2D eigenvalue weighted by molar-refractivity contribution is -0.144. The number of rotatable bonds is 3. The second kappa shape index (κ2) is 4.96. The molecule has 0 bridgehead atoms. The van der Waals surface area contributed by atoms with Crippen molar-refractivity contribution in [3.8, 4) is 0 Å². The number of hydrogen-bond acceptors (Lipinski definition) is 6. The van der Waals surface area contributed by atoms with Gasteiger partial charge in [-0.25, -0.2) is 8.42 Å². The number of carbonyl (C=O) groups is 1. The van der Waals surface area contributed by atoms with Crippen molar-refractivity contribution in [3.63, 3.8) is 0 Å². The predicted octanol–water partition coefficient (Wildman–Crippen LogP) is 0.0450. The Morgan fingerprint density at radius 3 is 2.89 bits per heavy atom. The average molecular weight is 291 g/mol. The van der Waals surface area contributed by atoms with E-state index in [1.807, 2.05) is 0 Å². The maximum atomic E-state index is 12.3. The fraction of sp³-hybridized carbons (Fsp3) is 0.500. The van der Waals surface area contributed by atoms with E-state index in [-0.39, 0.29) is 17.2 Å². The van der Waals surface area contributed by atoms with E-state index < -0.39 is 28.1 Å². The van der Waals surface area contributed by atoms with Crippen LogP contribution in [0, 0.1) is 0 Å². The summed E-state index contributed by atoms with van der Waals surface area (Å²) in [6.07, 6.45) is -0.777. The highest BCUT2D eigenvalue weighted by atomic mass is 32.2. The molecule has 1 fully saturated rings. The Morgan fingerprint density at radius 1 is 1.61 bits per heavy atom. The Hall–Kier alpha value is -0.960. The first-order valence-corrected chi connectivity index (χ1v) is 7.60. The van der Waals surface area contributed by atoms with Crippen LogP contribution in [0.1, 0.15) is 6.42 Å². The first-order valence-electron chi connectivity index (χ1n) is 5.28. The minimum atomic E-state index is -3.74. The normalized spacial score (nSPS) is 25.2. The highest BCUT2D eigenvalue weighted by molar-refractivity contribution is 7.91. The highest BCUT2D eigenvalue weighted by Gasteiger charge is 2.44. The second-order valence-electron chi connectivity index (χ2n) is 3.94. The third kappa shape index (κ3) is 2.28. The van der Waals surface area contributed by atoms with Crippen LogP contribution in [0.3, 0.4) is 0 Å². The SMILES string of the molecule is COC(=O)[C@H]1C[C@@H](O)CN1S(=O)(=O)c1cccs1. The van der Waals surface area contributed by atoms with Gasteiger partial charge in [-0.1, -0.05) is 6.07 Å². The molecule has 0 aliphatic carbocycles. The number of esters is 1. The molecule has 100 valence electrons. The van der Waals surface area contributed by atoms with Gasteiger partial charge < -0.3 is 9.84 Å². The predicted molar refractivity (Wildman–Crippen MR) is 64.6 cm³/mol. The number of carbonyl (C=O) groups excluding carboxylic acids is 1. The van der Waals surface area contributed by atoms with E-state index in [2.05, 4.69) is 4.74 Å². The van der Waals surface area contributed by atoms with Crippen molar-refractivity contribution in [2.24, 2.45) is 0 Å². The fourth-order valence-corrected chi connectivity index (χ4v) is 4.67. The fourth-order valence-electron chi connectivity index (χ4n) is 1.93. The number of sulfonamides is 1. The van der Waals surface area contributed by atoms with Gasteiger partial charge in [0.05, 0.1) is 13.2 Å². The molecular formula is C10H13NO5S2. The third-order valence-corrected chi connectivity index (χ3v) is 6.01. The number of thiophene rings is 1. The molecule has 0 radical (unpaired) electrons. The quantitative estimate of drug-likeness (QED) is 0.795. The first-order chi connectivity index (χ1) is 8.46. The van der Waals surface area contributed by atoms with Crippen LogP contribution in [0.15, 0.2) is 21.7 Å². The Balaban J connectivity index is 2.34. The summed E-state index contributed by atoms with van der Waals surface area (Å²) in [6.45, 7) is -0.0833. The van der Waals surface area contributed by atoms with Crippen LogP contribution >= 0.6 is 11.3 Å². The molecule has 2 atom stereocenters. The van der Waals surface area contributed by atoms with E-state index in [9.17, 15) is 18.3 Å². The molecule has 0 aromatic carbocycles. The summed E-state index contributed by atoms with van der Waals surface area (Å²) in [4.78, 5) is 11.6. The zero-order chi connectivity index (χ0) is 13.3. The van der Waals surface area contributed by atoms with E-state index in [0.717, 1.165) is 15.6 Å². The Bertz CT molecular complexity index is 524. The van der Waals surface area contributed by atoms with Crippen LogP contribution in [0.5, 0.6) is 0 Å². The minimum Gasteiger partial charge on any atom is -0.468 e. The van der Waals surface area contributed by atoms with Crippen LogP contribution in [0.2, 0.25) is 0 Å². The molecule has 1 aromatic heterocycles. The first kappa shape index (κ1) is 13.5. The number of methoxy groups -OCH3 is 1. The van der Waals surface area contributed by atoms with Crippen molar-refractivity contribution in [2.45, 2.75) is 22.8 Å². The van der Waals surface area contributed by atoms with Gasteiger partial charge in [0.2, 0.25) is 0 Å². The molecule has 2 rings (SSSR count). The van der Waals surface area contributed by atoms with Crippen LogP contribution in [-0.4, -0.2) is 49.6 Å². The summed E-state index contributed by atoms with van der Waals surface area (Å²) in [7, 11) is -2.54. The molecular weight excluding hydrogens is 278 g/mol. The lowest BCUT2D eigenvalue weighted by atomic mass is 10.2. The Labute approximate surface area is 109 Å². The maximum absolute atomic E-state index is 12.3. The van der Waals surface area contributed by atoms with E-state index in [0.29, 0.717) is 0 Å². The summed E-state index contributed by atoms with van der Waals surface area (Å²) in [6, 6.07) is 2.15. The molecule has 0 amide bonds. The number of aliphatic hydroxyl groups excluding tert-OH is 1. The second-order valence-corrected chi connectivity index (χ2v) is 7.00. The number of hydrogen-bond donors (Lipinski definition) is 1. The highest BCUT2D eigenvalue weighted by Crippen LogP contribution is 2.29. The van der Waals surface area contributed by atoms with Crippen LogP contribution in [0.4, 0.5) is 0 Å². The molecule has 1 saturated heterocycles. The van der Waals surface area contributed by atoms with E-state index >= 15 is 0 Å². The van der Waals surface area contributed by atoms with Crippen molar-refractivity contribution in [1.82, 2.24) is 4.31 Å². The molecule has 0 unspecified atom stereocenters. The summed E-state index contributed by atoms with van der Waals surface area (Å²) in [5, 5.41) is 11.2. The van der Waals surface area contributed by atoms with Gasteiger partial charge in [-0.2, -0.15) is 4.31 Å². The van der Waals surface area contributed by atoms with Gasteiger partial charge in [-0.3, -0.25) is 4.79 Å². The third-order valence-electron chi connectivity index (χ3n) is 2.76. The van der Waals surface area contributed by atoms with Gasteiger partial charge in [-0.15, -0.1) is 11.3 Å². The van der Waals surface area contributed by atoms with Crippen LogP contribution in [0.25, 0.3) is 0 Å². The minimum absolute atomic E-state index is 0.0667. The zero-order valence-electron chi connectivity index (χ0n) is 9.64. The van der Waals surface area contributed by atoms with Gasteiger partial charge in [0.25, 0.3) is 10.0 Å². The van der Waals surface area contributed by atoms with Crippen molar-refractivity contribution in [2.75, 3.05) is 13.7 Å². The molecule has 18 heavy (non-hydrogen) atoms. The van der Waals surface area contributed by atoms with Gasteiger partial charge in [0.15, 0.2) is 0 Å². The molecule has 8 heteroatoms. The maximum Gasteiger partial charge on any atom is 0.324 e. The summed E-state index contributed by atoms with van der Waals surface area (Å²) < 4.78 is 30.3. The molecule has 1 N–H and O–H groups in total. The zero-order valence-corrected chi connectivity index (χ0v) is 11.3. The van der Waals surface area contributed by atoms with Crippen LogP contribution in [-0.2, 0) is 19.6 Å². The van der Waals surface area contributed by atoms with Crippen molar-refractivity contribution in [1.29, 1.82) is 0 Å². The largest absolute Gasteiger partial charge is 0.468 e. The Kier molecular flexibility index (Phi) is 3.71. The number of ether oxygens (including phenoxy) is 1. The number of nitrogens with zero attached hydrogens (tertiary/aromatic N) is 1. The van der Waals surface area contributed by atoms with E-state index in [1.165, 1.54) is 13.2 Å². The lowest BCUT2D eigenvalue weighted by Gasteiger charge is -2.20.